The van der Waals surface area contributed by atoms with E-state index in [2.05, 4.69) is 133 Å². The zero-order valence-electron chi connectivity index (χ0n) is 29.3. The molecule has 0 saturated heterocycles. The summed E-state index contributed by atoms with van der Waals surface area (Å²) in [7, 11) is 0. The zero-order chi connectivity index (χ0) is 35.8. The summed E-state index contributed by atoms with van der Waals surface area (Å²) in [6, 6.07) is 67.7. The number of benzene rings is 8. The highest BCUT2D eigenvalue weighted by Gasteiger charge is 2.14. The molecule has 0 spiro atoms. The molecule has 0 unspecified atom stereocenters. The number of pyridine rings is 1. The molecule has 4 heteroatoms. The van der Waals surface area contributed by atoms with Crippen LogP contribution in [0.3, 0.4) is 0 Å². The maximum Gasteiger partial charge on any atom is 0.164 e. The number of hydrogen-bond donors (Lipinski definition) is 0. The van der Waals surface area contributed by atoms with Gasteiger partial charge in [-0.25, -0.2) is 19.9 Å². The Labute approximate surface area is 313 Å². The second-order valence-electron chi connectivity index (χ2n) is 13.5. The van der Waals surface area contributed by atoms with Gasteiger partial charge in [0, 0.05) is 33.0 Å². The maximum atomic E-state index is 5.12. The molecule has 0 atom stereocenters. The van der Waals surface area contributed by atoms with E-state index >= 15 is 0 Å². The molecule has 0 N–H and O–H groups in total. The number of nitrogens with zero attached hydrogens (tertiary/aromatic N) is 4. The minimum absolute atomic E-state index is 0.644. The first-order chi connectivity index (χ1) is 26.7. The van der Waals surface area contributed by atoms with Crippen molar-refractivity contribution in [1.82, 2.24) is 19.9 Å². The number of para-hydroxylation sites is 1. The molecule has 0 aliphatic carbocycles. The van der Waals surface area contributed by atoms with Crippen molar-refractivity contribution in [3.8, 4) is 67.7 Å². The monoisotopic (exact) mass is 688 g/mol. The Hall–Kier alpha value is -7.30. The van der Waals surface area contributed by atoms with Crippen molar-refractivity contribution in [2.75, 3.05) is 0 Å². The van der Waals surface area contributed by atoms with Gasteiger partial charge in [-0.3, -0.25) is 0 Å². The van der Waals surface area contributed by atoms with Crippen molar-refractivity contribution in [3.05, 3.63) is 194 Å². The van der Waals surface area contributed by atoms with Crippen molar-refractivity contribution in [1.29, 1.82) is 0 Å². The van der Waals surface area contributed by atoms with E-state index in [0.717, 1.165) is 50.0 Å². The van der Waals surface area contributed by atoms with E-state index in [1.165, 1.54) is 32.7 Å². The largest absolute Gasteiger partial charge is 0.247 e. The van der Waals surface area contributed by atoms with Crippen LogP contribution in [0.5, 0.6) is 0 Å². The van der Waals surface area contributed by atoms with Crippen molar-refractivity contribution in [3.63, 3.8) is 0 Å². The minimum Gasteiger partial charge on any atom is -0.247 e. The van der Waals surface area contributed by atoms with Crippen LogP contribution in [-0.4, -0.2) is 19.9 Å². The lowest BCUT2D eigenvalue weighted by atomic mass is 9.93. The molecule has 0 aliphatic rings. The third-order valence-corrected chi connectivity index (χ3v) is 10.1. The molecule has 8 aromatic carbocycles. The van der Waals surface area contributed by atoms with E-state index < -0.39 is 0 Å². The SMILES string of the molecule is c1ccc(-c2nc(-c3ccccc3)nc(-c3ccc(-c4ccc5cccc(-c6ccc(-c7nc8ccccc8c8ccccc78)cc6)c5c4)cc3)n2)cc1. The number of hydrogen-bond acceptors (Lipinski definition) is 4. The normalized spacial score (nSPS) is 11.3. The molecular weight excluding hydrogens is 657 g/mol. The fraction of sp³-hybridized carbons (Fsp3) is 0. The predicted molar refractivity (Wildman–Crippen MR) is 223 cm³/mol. The Morgan fingerprint density at radius 3 is 1.43 bits per heavy atom. The first kappa shape index (κ1) is 31.4. The highest BCUT2D eigenvalue weighted by atomic mass is 15.0. The van der Waals surface area contributed by atoms with Crippen LogP contribution in [0, 0.1) is 0 Å². The number of aromatic nitrogens is 4. The van der Waals surface area contributed by atoms with Crippen LogP contribution in [0.25, 0.3) is 100 Å². The van der Waals surface area contributed by atoms with Crippen molar-refractivity contribution >= 4 is 32.4 Å². The molecule has 252 valence electrons. The van der Waals surface area contributed by atoms with Gasteiger partial charge in [0.15, 0.2) is 17.5 Å². The quantitative estimate of drug-likeness (QED) is 0.163. The van der Waals surface area contributed by atoms with Gasteiger partial charge in [-0.1, -0.05) is 182 Å². The summed E-state index contributed by atoms with van der Waals surface area (Å²) in [5.74, 6) is 1.95. The van der Waals surface area contributed by atoms with Crippen molar-refractivity contribution in [2.24, 2.45) is 0 Å². The van der Waals surface area contributed by atoms with E-state index in [1.807, 2.05) is 60.7 Å². The molecule has 2 heterocycles. The van der Waals surface area contributed by atoms with Crippen LogP contribution in [0.4, 0.5) is 0 Å². The number of fused-ring (bicyclic) bond motifs is 4. The lowest BCUT2D eigenvalue weighted by Crippen LogP contribution is -2.00. The van der Waals surface area contributed by atoms with Gasteiger partial charge in [0.1, 0.15) is 0 Å². The maximum absolute atomic E-state index is 5.12. The van der Waals surface area contributed by atoms with Crippen LogP contribution in [0.2, 0.25) is 0 Å². The van der Waals surface area contributed by atoms with Gasteiger partial charge in [0.25, 0.3) is 0 Å². The van der Waals surface area contributed by atoms with E-state index in [0.29, 0.717) is 17.5 Å². The van der Waals surface area contributed by atoms with Gasteiger partial charge in [-0.2, -0.15) is 0 Å². The van der Waals surface area contributed by atoms with Crippen LogP contribution >= 0.6 is 0 Å². The van der Waals surface area contributed by atoms with Gasteiger partial charge in [0.2, 0.25) is 0 Å². The molecule has 4 nitrogen and oxygen atoms in total. The van der Waals surface area contributed by atoms with Gasteiger partial charge in [-0.15, -0.1) is 0 Å². The Morgan fingerprint density at radius 2 is 0.759 bits per heavy atom. The van der Waals surface area contributed by atoms with E-state index in [-0.39, 0.29) is 0 Å². The summed E-state index contributed by atoms with van der Waals surface area (Å²) in [4.78, 5) is 19.8. The lowest BCUT2D eigenvalue weighted by Gasteiger charge is -2.12. The Bertz CT molecular complexity index is 2900. The molecule has 2 aromatic heterocycles. The second-order valence-corrected chi connectivity index (χ2v) is 13.5. The molecule has 0 bridgehead atoms. The van der Waals surface area contributed by atoms with Crippen LogP contribution in [0.15, 0.2) is 194 Å². The Balaban J connectivity index is 0.995. The molecule has 0 saturated carbocycles. The van der Waals surface area contributed by atoms with Crippen molar-refractivity contribution < 1.29 is 0 Å². The summed E-state index contributed by atoms with van der Waals surface area (Å²) in [5.41, 5.74) is 10.6. The first-order valence-corrected chi connectivity index (χ1v) is 18.1. The Morgan fingerprint density at radius 1 is 0.259 bits per heavy atom. The zero-order valence-corrected chi connectivity index (χ0v) is 29.3. The lowest BCUT2D eigenvalue weighted by molar-refractivity contribution is 1.07. The third kappa shape index (κ3) is 5.76. The van der Waals surface area contributed by atoms with E-state index in [1.54, 1.807) is 0 Å². The summed E-state index contributed by atoms with van der Waals surface area (Å²) < 4.78 is 0. The van der Waals surface area contributed by atoms with Crippen molar-refractivity contribution in [2.45, 2.75) is 0 Å². The van der Waals surface area contributed by atoms with Crippen LogP contribution in [0.1, 0.15) is 0 Å². The van der Waals surface area contributed by atoms with Gasteiger partial charge < -0.3 is 0 Å². The fourth-order valence-corrected chi connectivity index (χ4v) is 7.39. The topological polar surface area (TPSA) is 51.6 Å². The standard InChI is InChI=1S/C50H32N4/c1-3-12-37(13-4-1)48-52-49(38-14-5-2-6-15-38)54-50(53-48)39-29-22-33(23-30-39)40-31-26-34-16-11-20-41(45(34)32-40)35-24-27-36(28-25-35)47-44-19-8-7-17-42(44)43-18-9-10-21-46(43)51-47/h1-32H. The molecule has 10 rings (SSSR count). The molecule has 54 heavy (non-hydrogen) atoms. The highest BCUT2D eigenvalue weighted by molar-refractivity contribution is 6.11. The summed E-state index contributed by atoms with van der Waals surface area (Å²) in [6.07, 6.45) is 0. The van der Waals surface area contributed by atoms with E-state index in [4.69, 9.17) is 19.9 Å². The van der Waals surface area contributed by atoms with E-state index in [9.17, 15) is 0 Å². The molecule has 0 radical (unpaired) electrons. The average molecular weight is 689 g/mol. The average Bonchev–Trinajstić information content (AvgIpc) is 3.26. The molecule has 0 aliphatic heterocycles. The molecule has 0 amide bonds. The first-order valence-electron chi connectivity index (χ1n) is 18.1. The fourth-order valence-electron chi connectivity index (χ4n) is 7.39. The molecular formula is C50H32N4. The minimum atomic E-state index is 0.644. The summed E-state index contributed by atoms with van der Waals surface area (Å²) >= 11 is 0. The highest BCUT2D eigenvalue weighted by Crippen LogP contribution is 2.36. The molecule has 0 fully saturated rings. The summed E-state index contributed by atoms with van der Waals surface area (Å²) in [5, 5.41) is 5.96. The van der Waals surface area contributed by atoms with Gasteiger partial charge in [0.05, 0.1) is 11.2 Å². The van der Waals surface area contributed by atoms with Gasteiger partial charge >= 0.3 is 0 Å². The third-order valence-electron chi connectivity index (χ3n) is 10.1. The predicted octanol–water partition coefficient (Wildman–Crippen LogP) is 12.7. The van der Waals surface area contributed by atoms with Crippen LogP contribution < -0.4 is 0 Å². The Kier molecular flexibility index (Phi) is 7.77. The van der Waals surface area contributed by atoms with Crippen LogP contribution in [-0.2, 0) is 0 Å². The second kappa shape index (κ2) is 13.4. The molecule has 10 aromatic rings. The summed E-state index contributed by atoms with van der Waals surface area (Å²) in [6.45, 7) is 0. The van der Waals surface area contributed by atoms with Gasteiger partial charge in [-0.05, 0) is 50.5 Å². The smallest absolute Gasteiger partial charge is 0.164 e. The number of rotatable bonds is 6.